The van der Waals surface area contributed by atoms with Gasteiger partial charge in [-0.05, 0) is 42.4 Å². The van der Waals surface area contributed by atoms with Gasteiger partial charge >= 0.3 is 0 Å². The van der Waals surface area contributed by atoms with Crippen LogP contribution in [0, 0.1) is 0 Å². The first kappa shape index (κ1) is 17.7. The number of hydrogen-bond donors (Lipinski definition) is 2. The van der Waals surface area contributed by atoms with E-state index in [2.05, 4.69) is 10.6 Å². The van der Waals surface area contributed by atoms with Crippen LogP contribution in [0.1, 0.15) is 35.3 Å². The van der Waals surface area contributed by atoms with Crippen LogP contribution in [0.3, 0.4) is 0 Å². The molecule has 0 saturated heterocycles. The van der Waals surface area contributed by atoms with Gasteiger partial charge in [-0.3, -0.25) is 10.1 Å². The molecule has 0 spiro atoms. The van der Waals surface area contributed by atoms with Crippen LogP contribution in [0.4, 0.5) is 0 Å². The summed E-state index contributed by atoms with van der Waals surface area (Å²) in [5, 5.41) is 6.81. The van der Waals surface area contributed by atoms with Gasteiger partial charge in [-0.1, -0.05) is 60.5 Å². The van der Waals surface area contributed by atoms with Crippen molar-refractivity contribution in [1.82, 2.24) is 10.6 Å². The summed E-state index contributed by atoms with van der Waals surface area (Å²) in [5.74, 6) is -0.368. The smallest absolute Gasteiger partial charge is 0.258 e. The topological polar surface area (TPSA) is 41.1 Å². The zero-order chi connectivity index (χ0) is 16.8. The standard InChI is InChI=1S/C17H16Cl2N2OS/c1-2-15(11-6-4-3-5-7-11)20-17(23)21-16(22)13-9-8-12(18)10-14(13)19/h3-10,15H,2H2,1H3,(H2,20,21,22,23). The lowest BCUT2D eigenvalue weighted by Gasteiger charge is -2.19. The first-order chi connectivity index (χ1) is 11.0. The molecule has 2 N–H and O–H groups in total. The van der Waals surface area contributed by atoms with E-state index in [1.54, 1.807) is 12.1 Å². The van der Waals surface area contributed by atoms with Gasteiger partial charge in [0.25, 0.3) is 5.91 Å². The molecule has 0 aromatic heterocycles. The Morgan fingerprint density at radius 1 is 1.17 bits per heavy atom. The minimum Gasteiger partial charge on any atom is -0.356 e. The second-order valence-corrected chi connectivity index (χ2v) is 6.18. The zero-order valence-electron chi connectivity index (χ0n) is 12.5. The van der Waals surface area contributed by atoms with E-state index in [0.717, 1.165) is 12.0 Å². The van der Waals surface area contributed by atoms with Gasteiger partial charge in [0.15, 0.2) is 5.11 Å². The van der Waals surface area contributed by atoms with Crippen molar-refractivity contribution >= 4 is 46.4 Å². The Morgan fingerprint density at radius 3 is 2.48 bits per heavy atom. The number of rotatable bonds is 4. The van der Waals surface area contributed by atoms with E-state index in [4.69, 9.17) is 35.4 Å². The average molecular weight is 367 g/mol. The fraction of sp³-hybridized carbons (Fsp3) is 0.176. The Kier molecular flexibility index (Phi) is 6.39. The first-order valence-electron chi connectivity index (χ1n) is 7.13. The number of hydrogen-bond acceptors (Lipinski definition) is 2. The highest BCUT2D eigenvalue weighted by atomic mass is 35.5. The predicted molar refractivity (Wildman–Crippen MR) is 99.1 cm³/mol. The maximum Gasteiger partial charge on any atom is 0.258 e. The van der Waals surface area contributed by atoms with E-state index in [1.807, 2.05) is 37.3 Å². The lowest BCUT2D eigenvalue weighted by molar-refractivity contribution is 0.0976. The molecule has 0 radical (unpaired) electrons. The molecule has 3 nitrogen and oxygen atoms in total. The molecule has 1 atom stereocenters. The second-order valence-electron chi connectivity index (χ2n) is 4.92. The van der Waals surface area contributed by atoms with Crippen LogP contribution < -0.4 is 10.6 Å². The molecule has 1 amide bonds. The highest BCUT2D eigenvalue weighted by molar-refractivity contribution is 7.80. The third kappa shape index (κ3) is 4.93. The molecule has 1 unspecified atom stereocenters. The van der Waals surface area contributed by atoms with Crippen LogP contribution >= 0.6 is 35.4 Å². The summed E-state index contributed by atoms with van der Waals surface area (Å²) < 4.78 is 0. The van der Waals surface area contributed by atoms with Gasteiger partial charge in [-0.15, -0.1) is 0 Å². The first-order valence-corrected chi connectivity index (χ1v) is 8.29. The molecule has 120 valence electrons. The van der Waals surface area contributed by atoms with Gasteiger partial charge in [-0.25, -0.2) is 0 Å². The maximum absolute atomic E-state index is 12.2. The average Bonchev–Trinajstić information content (AvgIpc) is 2.53. The van der Waals surface area contributed by atoms with Crippen molar-refractivity contribution in [2.24, 2.45) is 0 Å². The molecule has 2 aromatic rings. The largest absolute Gasteiger partial charge is 0.356 e. The zero-order valence-corrected chi connectivity index (χ0v) is 14.8. The Labute approximate surface area is 151 Å². The fourth-order valence-electron chi connectivity index (χ4n) is 2.14. The molecule has 6 heteroatoms. The third-order valence-corrected chi connectivity index (χ3v) is 4.09. The summed E-state index contributed by atoms with van der Waals surface area (Å²) in [5.41, 5.74) is 1.43. The Hall–Kier alpha value is -1.62. The molecule has 0 bridgehead atoms. The fourth-order valence-corrected chi connectivity index (χ4v) is 2.87. The van der Waals surface area contributed by atoms with Crippen LogP contribution in [0.25, 0.3) is 0 Å². The van der Waals surface area contributed by atoms with Crippen LogP contribution in [-0.2, 0) is 0 Å². The number of halogens is 2. The van der Waals surface area contributed by atoms with Crippen molar-refractivity contribution in [2.45, 2.75) is 19.4 Å². The summed E-state index contributed by atoms with van der Waals surface area (Å²) in [6.45, 7) is 2.05. The lowest BCUT2D eigenvalue weighted by atomic mass is 10.1. The SMILES string of the molecule is CCC(NC(=S)NC(=O)c1ccc(Cl)cc1Cl)c1ccccc1. The van der Waals surface area contributed by atoms with Gasteiger partial charge in [0, 0.05) is 5.02 Å². The maximum atomic E-state index is 12.2. The van der Waals surface area contributed by atoms with E-state index in [1.165, 1.54) is 6.07 Å². The molecule has 0 aliphatic carbocycles. The summed E-state index contributed by atoms with van der Waals surface area (Å²) in [6, 6.07) is 14.7. The molecule has 2 aromatic carbocycles. The summed E-state index contributed by atoms with van der Waals surface area (Å²) in [4.78, 5) is 12.2. The number of nitrogens with one attached hydrogen (secondary N) is 2. The van der Waals surface area contributed by atoms with E-state index >= 15 is 0 Å². The van der Waals surface area contributed by atoms with Crippen molar-refractivity contribution < 1.29 is 4.79 Å². The van der Waals surface area contributed by atoms with Crippen LogP contribution in [0.15, 0.2) is 48.5 Å². The van der Waals surface area contributed by atoms with Gasteiger partial charge in [-0.2, -0.15) is 0 Å². The Morgan fingerprint density at radius 2 is 1.87 bits per heavy atom. The number of carbonyl (C=O) groups excluding carboxylic acids is 1. The molecule has 0 saturated carbocycles. The minimum atomic E-state index is -0.368. The molecular weight excluding hydrogens is 351 g/mol. The van der Waals surface area contributed by atoms with Crippen LogP contribution in [0.5, 0.6) is 0 Å². The third-order valence-electron chi connectivity index (χ3n) is 3.32. The van der Waals surface area contributed by atoms with E-state index in [9.17, 15) is 4.79 Å². The van der Waals surface area contributed by atoms with Crippen molar-refractivity contribution in [2.75, 3.05) is 0 Å². The number of benzene rings is 2. The van der Waals surface area contributed by atoms with E-state index in [0.29, 0.717) is 10.6 Å². The molecular formula is C17H16Cl2N2OS. The number of carbonyl (C=O) groups is 1. The van der Waals surface area contributed by atoms with Crippen molar-refractivity contribution in [3.63, 3.8) is 0 Å². The van der Waals surface area contributed by atoms with Crippen LogP contribution in [0.2, 0.25) is 10.0 Å². The minimum absolute atomic E-state index is 0.0321. The van der Waals surface area contributed by atoms with Crippen molar-refractivity contribution in [3.8, 4) is 0 Å². The molecule has 2 rings (SSSR count). The molecule has 0 aliphatic heterocycles. The molecule has 0 heterocycles. The van der Waals surface area contributed by atoms with Crippen molar-refractivity contribution in [3.05, 3.63) is 69.7 Å². The van der Waals surface area contributed by atoms with Gasteiger partial charge in [0.2, 0.25) is 0 Å². The number of thiocarbonyl (C=S) groups is 1. The molecule has 0 aliphatic rings. The van der Waals surface area contributed by atoms with E-state index in [-0.39, 0.29) is 22.1 Å². The molecule has 23 heavy (non-hydrogen) atoms. The monoisotopic (exact) mass is 366 g/mol. The number of amides is 1. The highest BCUT2D eigenvalue weighted by Crippen LogP contribution is 2.21. The van der Waals surface area contributed by atoms with Gasteiger partial charge < -0.3 is 5.32 Å². The van der Waals surface area contributed by atoms with Crippen LogP contribution in [-0.4, -0.2) is 11.0 Å². The lowest BCUT2D eigenvalue weighted by Crippen LogP contribution is -2.41. The molecule has 0 fully saturated rings. The van der Waals surface area contributed by atoms with Crippen molar-refractivity contribution in [1.29, 1.82) is 0 Å². The summed E-state index contributed by atoms with van der Waals surface area (Å²) >= 11 is 17.1. The summed E-state index contributed by atoms with van der Waals surface area (Å²) in [7, 11) is 0. The second kappa shape index (κ2) is 8.29. The highest BCUT2D eigenvalue weighted by Gasteiger charge is 2.15. The van der Waals surface area contributed by atoms with Gasteiger partial charge in [0.05, 0.1) is 16.6 Å². The predicted octanol–water partition coefficient (Wildman–Crippen LogP) is 4.75. The quantitative estimate of drug-likeness (QED) is 0.767. The summed E-state index contributed by atoms with van der Waals surface area (Å²) in [6.07, 6.45) is 0.835. The normalized spacial score (nSPS) is 11.6. The van der Waals surface area contributed by atoms with Gasteiger partial charge in [0.1, 0.15) is 0 Å². The Balaban J connectivity index is 2.02. The van der Waals surface area contributed by atoms with E-state index < -0.39 is 0 Å². The Bertz CT molecular complexity index is 707.